The molecule has 1 radical (unpaired) electrons. The molecule has 2 rings (SSSR count). The highest BCUT2D eigenvalue weighted by atomic mass is 15.0. The minimum Gasteiger partial charge on any atom is -0.261 e. The van der Waals surface area contributed by atoms with E-state index < -0.39 is 0 Å². The van der Waals surface area contributed by atoms with Crippen LogP contribution < -0.4 is 0 Å². The molecule has 0 N–H and O–H groups in total. The third-order valence-corrected chi connectivity index (χ3v) is 1.15. The maximum absolute atomic E-state index is 4.06. The fourth-order valence-corrected chi connectivity index (χ4v) is 0.752. The van der Waals surface area contributed by atoms with Gasteiger partial charge in [0.15, 0.2) is 5.84 Å². The van der Waals surface area contributed by atoms with E-state index in [1.807, 2.05) is 6.08 Å². The van der Waals surface area contributed by atoms with Gasteiger partial charge in [-0.1, -0.05) is 6.08 Å². The maximum Gasteiger partial charge on any atom is 0.176 e. The summed E-state index contributed by atoms with van der Waals surface area (Å²) in [7, 11) is 0. The number of hydrogen-bond acceptors (Lipinski definition) is 3. The van der Waals surface area contributed by atoms with Crippen LogP contribution in [-0.4, -0.2) is 24.4 Å². The van der Waals surface area contributed by atoms with Crippen molar-refractivity contribution >= 4 is 17.9 Å². The monoisotopic (exact) mass is 118 g/mol. The zero-order valence-electron chi connectivity index (χ0n) is 4.70. The van der Waals surface area contributed by atoms with E-state index in [0.29, 0.717) is 6.54 Å². The summed E-state index contributed by atoms with van der Waals surface area (Å²) >= 11 is 0. The fourth-order valence-electron chi connectivity index (χ4n) is 0.752. The molecule has 2 aliphatic rings. The second-order valence-corrected chi connectivity index (χ2v) is 1.74. The zero-order chi connectivity index (χ0) is 6.10. The molecule has 0 bridgehead atoms. The smallest absolute Gasteiger partial charge is 0.176 e. The highest BCUT2D eigenvalue weighted by molar-refractivity contribution is 6.48. The molecule has 9 heavy (non-hydrogen) atoms. The molecule has 0 aromatic carbocycles. The average Bonchev–Trinajstić information content (AvgIpc) is 2.33. The van der Waals surface area contributed by atoms with Gasteiger partial charge in [-0.2, -0.15) is 0 Å². The quantitative estimate of drug-likeness (QED) is 0.437. The molecule has 3 nitrogen and oxygen atoms in total. The molecule has 3 heteroatoms. The Bertz CT molecular complexity index is 245. The standard InChI is InChI=1S/C6H4N3/c1-2-5-6(7-3-1)9-4-8-5/h1,4H,3H2. The van der Waals surface area contributed by atoms with E-state index in [0.717, 1.165) is 11.5 Å². The van der Waals surface area contributed by atoms with Crippen molar-refractivity contribution in [3.05, 3.63) is 12.2 Å². The van der Waals surface area contributed by atoms with Crippen LogP contribution in [0.15, 0.2) is 21.1 Å². The lowest BCUT2D eigenvalue weighted by molar-refractivity contribution is 1.23. The summed E-state index contributed by atoms with van der Waals surface area (Å²) in [6.45, 7) is 0.686. The van der Waals surface area contributed by atoms with Crippen molar-refractivity contribution in [1.29, 1.82) is 0 Å². The van der Waals surface area contributed by atoms with Crippen LogP contribution in [0.25, 0.3) is 0 Å². The molecule has 43 valence electrons. The van der Waals surface area contributed by atoms with Crippen LogP contribution in [0.2, 0.25) is 0 Å². The second-order valence-electron chi connectivity index (χ2n) is 1.74. The number of aliphatic imine (C=N–C) groups is 3. The third-order valence-electron chi connectivity index (χ3n) is 1.15. The first kappa shape index (κ1) is 4.61. The molecule has 2 heterocycles. The third kappa shape index (κ3) is 0.614. The van der Waals surface area contributed by atoms with Gasteiger partial charge in [0, 0.05) is 6.08 Å². The molecule has 0 atom stereocenters. The molecular formula is C6H4N3. The summed E-state index contributed by atoms with van der Waals surface area (Å²) in [6.07, 6.45) is 6.29. The molecule has 0 spiro atoms. The van der Waals surface area contributed by atoms with Crippen LogP contribution >= 0.6 is 0 Å². The van der Waals surface area contributed by atoms with Crippen molar-refractivity contribution in [2.75, 3.05) is 6.54 Å². The number of dihydropyridines is 1. The van der Waals surface area contributed by atoms with Crippen molar-refractivity contribution in [2.24, 2.45) is 15.0 Å². The summed E-state index contributed by atoms with van der Waals surface area (Å²) in [5, 5.41) is 0. The van der Waals surface area contributed by atoms with Crippen molar-refractivity contribution < 1.29 is 0 Å². The Morgan fingerprint density at radius 1 is 1.56 bits per heavy atom. The lowest BCUT2D eigenvalue weighted by Gasteiger charge is -1.96. The first-order valence-electron chi connectivity index (χ1n) is 2.70. The zero-order valence-corrected chi connectivity index (χ0v) is 4.70. The van der Waals surface area contributed by atoms with E-state index in [2.05, 4.69) is 21.1 Å². The second kappa shape index (κ2) is 1.62. The normalized spacial score (nSPS) is 21.3. The Morgan fingerprint density at radius 3 is 3.44 bits per heavy atom. The average molecular weight is 118 g/mol. The van der Waals surface area contributed by atoms with Gasteiger partial charge in [0.25, 0.3) is 0 Å². The van der Waals surface area contributed by atoms with Crippen LogP contribution in [0, 0.1) is 6.08 Å². The summed E-state index contributed by atoms with van der Waals surface area (Å²) in [5.74, 6) is 0.720. The van der Waals surface area contributed by atoms with Crippen LogP contribution in [-0.2, 0) is 0 Å². The SMILES string of the molecule is [C]1=CCN=C2N=CN=C12. The van der Waals surface area contributed by atoms with Gasteiger partial charge in [0.05, 0.1) is 6.54 Å². The van der Waals surface area contributed by atoms with E-state index in [4.69, 9.17) is 0 Å². The van der Waals surface area contributed by atoms with Gasteiger partial charge in [-0.15, -0.1) is 0 Å². The summed E-state index contributed by atoms with van der Waals surface area (Å²) in [4.78, 5) is 11.9. The molecule has 0 aromatic rings. The van der Waals surface area contributed by atoms with Gasteiger partial charge in [-0.3, -0.25) is 4.99 Å². The molecule has 0 unspecified atom stereocenters. The van der Waals surface area contributed by atoms with Gasteiger partial charge in [-0.05, 0) is 0 Å². The van der Waals surface area contributed by atoms with Crippen LogP contribution in [0.3, 0.4) is 0 Å². The first-order valence-corrected chi connectivity index (χ1v) is 2.70. The van der Waals surface area contributed by atoms with Gasteiger partial charge in [0.1, 0.15) is 12.1 Å². The maximum atomic E-state index is 4.06. The number of nitrogens with zero attached hydrogens (tertiary/aromatic N) is 3. The fraction of sp³-hybridized carbons (Fsp3) is 0.167. The molecule has 0 aliphatic carbocycles. The first-order chi connectivity index (χ1) is 4.47. The predicted molar refractivity (Wildman–Crippen MR) is 36.0 cm³/mol. The lowest BCUT2D eigenvalue weighted by atomic mass is 10.3. The molecule has 0 saturated heterocycles. The van der Waals surface area contributed by atoms with Crippen molar-refractivity contribution in [1.82, 2.24) is 0 Å². The number of fused-ring (bicyclic) bond motifs is 1. The molecule has 0 amide bonds. The van der Waals surface area contributed by atoms with E-state index >= 15 is 0 Å². The van der Waals surface area contributed by atoms with E-state index in [1.54, 1.807) is 0 Å². The van der Waals surface area contributed by atoms with Crippen molar-refractivity contribution in [3.8, 4) is 0 Å². The van der Waals surface area contributed by atoms with E-state index in [-0.39, 0.29) is 0 Å². The highest BCUT2D eigenvalue weighted by Crippen LogP contribution is 2.00. The topological polar surface area (TPSA) is 37.1 Å². The van der Waals surface area contributed by atoms with Gasteiger partial charge < -0.3 is 0 Å². The van der Waals surface area contributed by atoms with Crippen LogP contribution in [0.1, 0.15) is 0 Å². The van der Waals surface area contributed by atoms with Gasteiger partial charge in [0.2, 0.25) is 0 Å². The van der Waals surface area contributed by atoms with Gasteiger partial charge in [-0.25, -0.2) is 9.98 Å². The minimum atomic E-state index is 0.686. The molecule has 0 aromatic heterocycles. The number of hydrogen-bond donors (Lipinski definition) is 0. The number of amidine groups is 1. The van der Waals surface area contributed by atoms with Crippen LogP contribution in [0.4, 0.5) is 0 Å². The highest BCUT2D eigenvalue weighted by Gasteiger charge is 2.10. The van der Waals surface area contributed by atoms with Gasteiger partial charge >= 0.3 is 0 Å². The van der Waals surface area contributed by atoms with Crippen molar-refractivity contribution in [2.45, 2.75) is 0 Å². The van der Waals surface area contributed by atoms with E-state index in [1.165, 1.54) is 6.34 Å². The van der Waals surface area contributed by atoms with E-state index in [9.17, 15) is 0 Å². The summed E-state index contributed by atoms with van der Waals surface area (Å²) in [5.41, 5.74) is 0.765. The molecule has 0 fully saturated rings. The Balaban J connectivity index is 2.46. The lowest BCUT2D eigenvalue weighted by Crippen LogP contribution is -2.09. The van der Waals surface area contributed by atoms with Crippen LogP contribution in [0.5, 0.6) is 0 Å². The largest absolute Gasteiger partial charge is 0.261 e. The molecule has 0 saturated carbocycles. The Hall–Kier alpha value is -1.25. The molecule has 2 aliphatic heterocycles. The summed E-state index contributed by atoms with van der Waals surface area (Å²) in [6, 6.07) is 0. The Morgan fingerprint density at radius 2 is 2.56 bits per heavy atom. The Labute approximate surface area is 52.5 Å². The minimum absolute atomic E-state index is 0.686. The summed E-state index contributed by atoms with van der Waals surface area (Å²) < 4.78 is 0. The number of rotatable bonds is 0. The van der Waals surface area contributed by atoms with Crippen molar-refractivity contribution in [3.63, 3.8) is 0 Å². The molecular weight excluding hydrogens is 114 g/mol. The predicted octanol–water partition coefficient (Wildman–Crippen LogP) is 0.241. The Kier molecular flexibility index (Phi) is 0.828.